The number of halogens is 2. The van der Waals surface area contributed by atoms with E-state index in [-0.39, 0.29) is 16.7 Å². The van der Waals surface area contributed by atoms with E-state index in [1.165, 1.54) is 11.6 Å². The summed E-state index contributed by atoms with van der Waals surface area (Å²) in [4.78, 5) is 10.8. The number of rotatable bonds is 2. The molecule has 4 rings (SSSR count). The lowest BCUT2D eigenvalue weighted by atomic mass is 9.77. The van der Waals surface area contributed by atoms with Crippen LogP contribution in [0.3, 0.4) is 0 Å². The minimum Gasteiger partial charge on any atom is -0.377 e. The number of fused-ring (bicyclic) bond motifs is 3. The van der Waals surface area contributed by atoms with Gasteiger partial charge in [-0.1, -0.05) is 35.9 Å². The summed E-state index contributed by atoms with van der Waals surface area (Å²) in [6, 6.07) is 10.8. The van der Waals surface area contributed by atoms with Gasteiger partial charge in [0.2, 0.25) is 0 Å². The summed E-state index contributed by atoms with van der Waals surface area (Å²) in [6.07, 6.45) is 5.34. The molecule has 0 saturated carbocycles. The molecule has 0 saturated heterocycles. The van der Waals surface area contributed by atoms with E-state index < -0.39 is 0 Å². The third kappa shape index (κ3) is 2.43. The Bertz CT molecular complexity index is 868. The molecule has 4 nitrogen and oxygen atoms in total. The Kier molecular flexibility index (Phi) is 3.85. The molecule has 1 heterocycles. The van der Waals surface area contributed by atoms with Gasteiger partial charge in [0.15, 0.2) is 0 Å². The van der Waals surface area contributed by atoms with Gasteiger partial charge >= 0.3 is 0 Å². The highest BCUT2D eigenvalue weighted by atomic mass is 79.9. The predicted molar refractivity (Wildman–Crippen MR) is 98.6 cm³/mol. The van der Waals surface area contributed by atoms with Gasteiger partial charge in [-0.05, 0) is 46.0 Å². The van der Waals surface area contributed by atoms with Gasteiger partial charge in [0, 0.05) is 33.1 Å². The number of allylic oxidation sites excluding steroid dienone is 2. The molecule has 2 aromatic rings. The number of benzene rings is 2. The van der Waals surface area contributed by atoms with Gasteiger partial charge in [0.25, 0.3) is 5.69 Å². The highest BCUT2D eigenvalue weighted by Crippen LogP contribution is 2.52. The maximum absolute atomic E-state index is 11.1. The summed E-state index contributed by atoms with van der Waals surface area (Å²) >= 11 is 10.0. The van der Waals surface area contributed by atoms with Gasteiger partial charge in [-0.15, -0.1) is 0 Å². The zero-order valence-corrected chi connectivity index (χ0v) is 14.9. The van der Waals surface area contributed by atoms with Crippen molar-refractivity contribution in [1.29, 1.82) is 0 Å². The third-order valence-corrected chi connectivity index (χ3v) is 5.88. The van der Waals surface area contributed by atoms with Crippen molar-refractivity contribution in [3.8, 4) is 0 Å². The fourth-order valence-electron chi connectivity index (χ4n) is 3.77. The Balaban J connectivity index is 1.84. The minimum absolute atomic E-state index is 0.0661. The fourth-order valence-corrected chi connectivity index (χ4v) is 4.51. The average Bonchev–Trinajstić information content (AvgIpc) is 3.05. The molecule has 122 valence electrons. The number of nitrogens with zero attached hydrogens (tertiary/aromatic N) is 1. The molecule has 0 unspecified atom stereocenters. The van der Waals surface area contributed by atoms with Crippen LogP contribution in [0.5, 0.6) is 0 Å². The number of nitro groups is 1. The number of anilines is 1. The van der Waals surface area contributed by atoms with Crippen molar-refractivity contribution in [1.82, 2.24) is 0 Å². The van der Waals surface area contributed by atoms with Crippen LogP contribution < -0.4 is 5.32 Å². The molecule has 0 aromatic heterocycles. The van der Waals surface area contributed by atoms with Crippen LogP contribution in [0.2, 0.25) is 5.02 Å². The first-order valence-electron chi connectivity index (χ1n) is 7.71. The predicted octanol–water partition coefficient (Wildman–Crippen LogP) is 5.84. The van der Waals surface area contributed by atoms with Crippen molar-refractivity contribution < 1.29 is 4.92 Å². The van der Waals surface area contributed by atoms with E-state index in [0.717, 1.165) is 22.1 Å². The lowest BCUT2D eigenvalue weighted by Gasteiger charge is -2.38. The summed E-state index contributed by atoms with van der Waals surface area (Å²) in [5.41, 5.74) is 3.14. The number of para-hydroxylation sites is 1. The molecule has 1 N–H and O–H groups in total. The van der Waals surface area contributed by atoms with Crippen LogP contribution in [0.4, 0.5) is 11.4 Å². The number of nitrogens with one attached hydrogen (secondary N) is 1. The van der Waals surface area contributed by atoms with Crippen LogP contribution in [0.25, 0.3) is 0 Å². The number of non-ortho nitro benzene ring substituents is 1. The van der Waals surface area contributed by atoms with E-state index >= 15 is 0 Å². The molecular weight excluding hydrogens is 392 g/mol. The standard InChI is InChI=1S/C18H14BrClN2O2/c19-15-6-2-5-13-11-3-1-4-12(11)17(21-18(13)15)14-9-10(22(23)24)7-8-16(14)20/h1-3,5-9,11-12,17,21H,4H2/t11-,12-,17-/m1/s1. The highest BCUT2D eigenvalue weighted by molar-refractivity contribution is 9.10. The Morgan fingerprint density at radius 3 is 2.88 bits per heavy atom. The van der Waals surface area contributed by atoms with E-state index in [9.17, 15) is 10.1 Å². The topological polar surface area (TPSA) is 55.2 Å². The molecule has 0 fully saturated rings. The van der Waals surface area contributed by atoms with Gasteiger partial charge in [0.05, 0.1) is 16.7 Å². The number of nitro benzene ring substituents is 1. The van der Waals surface area contributed by atoms with Gasteiger partial charge in [-0.25, -0.2) is 0 Å². The summed E-state index contributed by atoms with van der Waals surface area (Å²) in [7, 11) is 0. The Morgan fingerprint density at radius 1 is 1.25 bits per heavy atom. The van der Waals surface area contributed by atoms with Crippen LogP contribution in [0.15, 0.2) is 53.0 Å². The zero-order valence-electron chi connectivity index (χ0n) is 12.6. The second-order valence-electron chi connectivity index (χ2n) is 6.14. The molecule has 6 heteroatoms. The monoisotopic (exact) mass is 404 g/mol. The van der Waals surface area contributed by atoms with Gasteiger partial charge in [-0.3, -0.25) is 10.1 Å². The maximum Gasteiger partial charge on any atom is 0.269 e. The van der Waals surface area contributed by atoms with Crippen molar-refractivity contribution in [3.63, 3.8) is 0 Å². The molecule has 2 aromatic carbocycles. The van der Waals surface area contributed by atoms with Crippen molar-refractivity contribution in [2.24, 2.45) is 5.92 Å². The normalized spacial score (nSPS) is 24.2. The first-order chi connectivity index (χ1) is 11.6. The largest absolute Gasteiger partial charge is 0.377 e. The van der Waals surface area contributed by atoms with Crippen LogP contribution in [-0.4, -0.2) is 4.92 Å². The molecule has 2 aliphatic rings. The molecule has 0 amide bonds. The summed E-state index contributed by atoms with van der Waals surface area (Å²) < 4.78 is 0.991. The third-order valence-electron chi connectivity index (χ3n) is 4.87. The summed E-state index contributed by atoms with van der Waals surface area (Å²) in [5.74, 6) is 0.588. The summed E-state index contributed by atoms with van der Waals surface area (Å²) in [6.45, 7) is 0. The average molecular weight is 406 g/mol. The minimum atomic E-state index is -0.378. The molecule has 3 atom stereocenters. The van der Waals surface area contributed by atoms with Gasteiger partial charge in [-0.2, -0.15) is 0 Å². The molecule has 0 radical (unpaired) electrons. The highest BCUT2D eigenvalue weighted by Gasteiger charge is 2.39. The van der Waals surface area contributed by atoms with Crippen molar-refractivity contribution >= 4 is 38.9 Å². The smallest absolute Gasteiger partial charge is 0.269 e. The van der Waals surface area contributed by atoms with Crippen LogP contribution in [-0.2, 0) is 0 Å². The van der Waals surface area contributed by atoms with Gasteiger partial charge < -0.3 is 5.32 Å². The Labute approximate surface area is 152 Å². The van der Waals surface area contributed by atoms with Crippen LogP contribution in [0, 0.1) is 16.0 Å². The second-order valence-corrected chi connectivity index (χ2v) is 7.40. The molecule has 1 aliphatic carbocycles. The first-order valence-corrected chi connectivity index (χ1v) is 8.89. The van der Waals surface area contributed by atoms with E-state index in [1.807, 2.05) is 12.1 Å². The Hall–Kier alpha value is -1.85. The van der Waals surface area contributed by atoms with Crippen molar-refractivity contribution in [2.75, 3.05) is 5.32 Å². The van der Waals surface area contributed by atoms with E-state index in [0.29, 0.717) is 16.9 Å². The molecule has 0 spiro atoms. The van der Waals surface area contributed by atoms with E-state index in [2.05, 4.69) is 39.5 Å². The van der Waals surface area contributed by atoms with E-state index in [4.69, 9.17) is 11.6 Å². The maximum atomic E-state index is 11.1. The molecular formula is C18H14BrClN2O2. The van der Waals surface area contributed by atoms with E-state index in [1.54, 1.807) is 12.1 Å². The van der Waals surface area contributed by atoms with Crippen LogP contribution in [0.1, 0.15) is 29.5 Å². The van der Waals surface area contributed by atoms with Crippen molar-refractivity contribution in [3.05, 3.63) is 79.3 Å². The zero-order chi connectivity index (χ0) is 16.8. The first kappa shape index (κ1) is 15.7. The molecule has 24 heavy (non-hydrogen) atoms. The fraction of sp³-hybridized carbons (Fsp3) is 0.222. The van der Waals surface area contributed by atoms with Gasteiger partial charge in [0.1, 0.15) is 0 Å². The molecule has 0 bridgehead atoms. The molecule has 1 aliphatic heterocycles. The van der Waals surface area contributed by atoms with Crippen molar-refractivity contribution in [2.45, 2.75) is 18.4 Å². The number of hydrogen-bond acceptors (Lipinski definition) is 3. The SMILES string of the molecule is O=[N+]([O-])c1ccc(Cl)c([C@@H]2Nc3c(Br)cccc3[C@@H]3C=CC[C@H]32)c1. The number of hydrogen-bond donors (Lipinski definition) is 1. The lowest BCUT2D eigenvalue weighted by molar-refractivity contribution is -0.384. The Morgan fingerprint density at radius 2 is 2.08 bits per heavy atom. The lowest BCUT2D eigenvalue weighted by Crippen LogP contribution is -2.29. The second kappa shape index (κ2) is 5.90. The quantitative estimate of drug-likeness (QED) is 0.388. The summed E-state index contributed by atoms with van der Waals surface area (Å²) in [5, 5.41) is 15.3. The van der Waals surface area contributed by atoms with Crippen LogP contribution >= 0.6 is 27.5 Å².